The summed E-state index contributed by atoms with van der Waals surface area (Å²) in [5, 5.41) is 38.1. The molecule has 1 aliphatic carbocycles. The number of hydrogen-bond donors (Lipinski definition) is 2. The van der Waals surface area contributed by atoms with E-state index in [4.69, 9.17) is 0 Å². The van der Waals surface area contributed by atoms with Crippen molar-refractivity contribution in [1.29, 1.82) is 0 Å². The van der Waals surface area contributed by atoms with Crippen LogP contribution in [0.5, 0.6) is 0 Å². The summed E-state index contributed by atoms with van der Waals surface area (Å²) in [6, 6.07) is 14.4. The Morgan fingerprint density at radius 1 is 0.658 bits per heavy atom. The van der Waals surface area contributed by atoms with E-state index >= 15 is 0 Å². The Bertz CT molecular complexity index is 1250. The first-order chi connectivity index (χ1) is 18.6. The molecule has 4 heterocycles. The quantitative estimate of drug-likeness (QED) is 0.360. The molecule has 2 amide bonds. The second kappa shape index (κ2) is 12.0. The summed E-state index contributed by atoms with van der Waals surface area (Å²) in [5.41, 5.74) is 2.96. The van der Waals surface area contributed by atoms with Gasteiger partial charge in [-0.05, 0) is 67.8 Å². The van der Waals surface area contributed by atoms with Gasteiger partial charge in [0.2, 0.25) is 11.8 Å². The predicted molar refractivity (Wildman–Crippen MR) is 137 cm³/mol. The fourth-order valence-corrected chi connectivity index (χ4v) is 4.54. The Morgan fingerprint density at radius 2 is 1.16 bits per heavy atom. The number of hydrogen-bond acceptors (Lipinski definition) is 10. The van der Waals surface area contributed by atoms with E-state index in [1.165, 1.54) is 0 Å². The minimum Gasteiger partial charge on any atom is -0.309 e. The summed E-state index contributed by atoms with van der Waals surface area (Å²) >= 11 is 0. The highest BCUT2D eigenvalue weighted by Crippen LogP contribution is 2.40. The zero-order valence-electron chi connectivity index (χ0n) is 20.6. The molecule has 2 N–H and O–H groups in total. The number of amides is 2. The van der Waals surface area contributed by atoms with Crippen LogP contribution >= 0.6 is 0 Å². The third kappa shape index (κ3) is 6.72. The lowest BCUT2D eigenvalue weighted by molar-refractivity contribution is -0.116. The van der Waals surface area contributed by atoms with Crippen LogP contribution in [-0.2, 0) is 22.4 Å². The lowest BCUT2D eigenvalue weighted by Crippen LogP contribution is -2.19. The molecule has 5 rings (SSSR count). The van der Waals surface area contributed by atoms with Crippen LogP contribution in [0.15, 0.2) is 60.9 Å². The summed E-state index contributed by atoms with van der Waals surface area (Å²) < 4.78 is 0. The van der Waals surface area contributed by atoms with E-state index in [2.05, 4.69) is 51.4 Å². The molecule has 1 aliphatic rings. The van der Waals surface area contributed by atoms with Crippen LogP contribution in [0.3, 0.4) is 0 Å². The molecule has 1 fully saturated rings. The molecule has 0 aromatic carbocycles. The van der Waals surface area contributed by atoms with Crippen molar-refractivity contribution in [2.45, 2.75) is 50.4 Å². The first-order valence-corrected chi connectivity index (χ1v) is 12.4. The molecule has 12 nitrogen and oxygen atoms in total. The molecule has 12 heteroatoms. The standard InChI is InChI=1S/C26H26N10O2/c37-25(15-19-6-2-12-27-31-19)29-23-10-8-21(33-35-23)17-4-1-5-18(14-17)22-9-11-24(36-34-22)30-26(38)16-20-7-3-13-28-32-20/h2-3,6-13,17-18H,1,4-5,14-16H2,(H,29,35,37)(H,30,36,38)/t17-,18-/m0/s1. The SMILES string of the molecule is O=C(Cc1cccnn1)Nc1ccc([C@H]2CCC[C@H](c3ccc(NC(=O)Cc4cccnn4)nn3)C2)nn1. The Kier molecular flexibility index (Phi) is 7.87. The van der Waals surface area contributed by atoms with E-state index < -0.39 is 0 Å². The fraction of sp³-hybridized carbons (Fsp3) is 0.308. The van der Waals surface area contributed by atoms with Crippen LogP contribution in [0, 0.1) is 0 Å². The van der Waals surface area contributed by atoms with Gasteiger partial charge < -0.3 is 10.6 Å². The van der Waals surface area contributed by atoms with Gasteiger partial charge in [0.15, 0.2) is 11.6 Å². The van der Waals surface area contributed by atoms with Gasteiger partial charge in [0, 0.05) is 24.2 Å². The number of aromatic nitrogens is 8. The number of carbonyl (C=O) groups excluding carboxylic acids is 2. The number of carbonyl (C=O) groups is 2. The van der Waals surface area contributed by atoms with Crippen molar-refractivity contribution in [3.63, 3.8) is 0 Å². The molecule has 4 aromatic heterocycles. The van der Waals surface area contributed by atoms with E-state index in [-0.39, 0.29) is 36.5 Å². The molecular weight excluding hydrogens is 484 g/mol. The summed E-state index contributed by atoms with van der Waals surface area (Å²) in [7, 11) is 0. The van der Waals surface area contributed by atoms with E-state index in [1.807, 2.05) is 12.1 Å². The van der Waals surface area contributed by atoms with Crippen LogP contribution in [0.4, 0.5) is 11.6 Å². The normalized spacial score (nSPS) is 16.9. The third-order valence-electron chi connectivity index (χ3n) is 6.35. The summed E-state index contributed by atoms with van der Waals surface area (Å²) in [6.45, 7) is 0. The van der Waals surface area contributed by atoms with Gasteiger partial charge in [0.1, 0.15) is 0 Å². The van der Waals surface area contributed by atoms with Crippen LogP contribution in [0.2, 0.25) is 0 Å². The number of nitrogens with one attached hydrogen (secondary N) is 2. The predicted octanol–water partition coefficient (Wildman–Crippen LogP) is 2.65. The van der Waals surface area contributed by atoms with Crippen LogP contribution < -0.4 is 10.6 Å². The highest BCUT2D eigenvalue weighted by molar-refractivity contribution is 5.91. The van der Waals surface area contributed by atoms with Crippen molar-refractivity contribution in [1.82, 2.24) is 40.8 Å². The minimum absolute atomic E-state index is 0.118. The second-order valence-electron chi connectivity index (χ2n) is 9.13. The maximum atomic E-state index is 12.2. The molecule has 4 aromatic rings. The molecule has 2 atom stereocenters. The zero-order valence-corrected chi connectivity index (χ0v) is 20.6. The van der Waals surface area contributed by atoms with Crippen molar-refractivity contribution in [3.8, 4) is 0 Å². The van der Waals surface area contributed by atoms with Crippen molar-refractivity contribution < 1.29 is 9.59 Å². The Balaban J connectivity index is 1.14. The van der Waals surface area contributed by atoms with Gasteiger partial charge in [-0.15, -0.1) is 10.2 Å². The summed E-state index contributed by atoms with van der Waals surface area (Å²) in [4.78, 5) is 24.5. The molecule has 1 saturated carbocycles. The molecular formula is C26H26N10O2. The van der Waals surface area contributed by atoms with Gasteiger partial charge in [0.05, 0.1) is 35.6 Å². The average Bonchev–Trinajstić information content (AvgIpc) is 2.95. The van der Waals surface area contributed by atoms with Crippen molar-refractivity contribution in [2.24, 2.45) is 0 Å². The van der Waals surface area contributed by atoms with Crippen molar-refractivity contribution >= 4 is 23.5 Å². The lowest BCUT2D eigenvalue weighted by atomic mass is 9.78. The van der Waals surface area contributed by atoms with Gasteiger partial charge >= 0.3 is 0 Å². The zero-order chi connectivity index (χ0) is 26.2. The molecule has 0 unspecified atom stereocenters. The van der Waals surface area contributed by atoms with E-state index in [0.29, 0.717) is 23.0 Å². The van der Waals surface area contributed by atoms with Gasteiger partial charge in [-0.3, -0.25) is 9.59 Å². The van der Waals surface area contributed by atoms with E-state index in [9.17, 15) is 9.59 Å². The van der Waals surface area contributed by atoms with Crippen molar-refractivity contribution in [2.75, 3.05) is 10.6 Å². The van der Waals surface area contributed by atoms with Crippen molar-refractivity contribution in [3.05, 3.63) is 83.7 Å². The molecule has 0 radical (unpaired) electrons. The first-order valence-electron chi connectivity index (χ1n) is 12.4. The molecule has 38 heavy (non-hydrogen) atoms. The Morgan fingerprint density at radius 3 is 1.55 bits per heavy atom. The third-order valence-corrected chi connectivity index (χ3v) is 6.35. The largest absolute Gasteiger partial charge is 0.309 e. The van der Waals surface area contributed by atoms with Crippen LogP contribution in [0.1, 0.15) is 60.3 Å². The number of anilines is 2. The van der Waals surface area contributed by atoms with Gasteiger partial charge in [-0.2, -0.15) is 30.6 Å². The number of nitrogens with zero attached hydrogens (tertiary/aromatic N) is 8. The topological polar surface area (TPSA) is 161 Å². The lowest BCUT2D eigenvalue weighted by Gasteiger charge is -2.28. The van der Waals surface area contributed by atoms with E-state index in [0.717, 1.165) is 37.1 Å². The Labute approximate surface area is 218 Å². The molecule has 0 bridgehead atoms. The average molecular weight is 511 g/mol. The Hall–Kier alpha value is -4.74. The molecule has 192 valence electrons. The summed E-state index contributed by atoms with van der Waals surface area (Å²) in [5.74, 6) is 0.822. The monoisotopic (exact) mass is 510 g/mol. The van der Waals surface area contributed by atoms with Gasteiger partial charge in [-0.1, -0.05) is 6.42 Å². The molecule has 0 spiro atoms. The summed E-state index contributed by atoms with van der Waals surface area (Å²) in [6.07, 6.45) is 7.28. The van der Waals surface area contributed by atoms with Gasteiger partial charge in [-0.25, -0.2) is 0 Å². The first kappa shape index (κ1) is 24.9. The smallest absolute Gasteiger partial charge is 0.231 e. The maximum absolute atomic E-state index is 12.2. The highest BCUT2D eigenvalue weighted by atomic mass is 16.2. The fourth-order valence-electron chi connectivity index (χ4n) is 4.54. The number of rotatable bonds is 8. The highest BCUT2D eigenvalue weighted by Gasteiger charge is 2.27. The van der Waals surface area contributed by atoms with Crippen LogP contribution in [-0.4, -0.2) is 52.6 Å². The minimum atomic E-state index is -0.225. The van der Waals surface area contributed by atoms with Gasteiger partial charge in [0.25, 0.3) is 0 Å². The van der Waals surface area contributed by atoms with E-state index in [1.54, 1.807) is 48.8 Å². The molecule has 0 aliphatic heterocycles. The molecule has 0 saturated heterocycles. The maximum Gasteiger partial charge on any atom is 0.231 e. The second-order valence-corrected chi connectivity index (χ2v) is 9.13. The van der Waals surface area contributed by atoms with Crippen LogP contribution in [0.25, 0.3) is 0 Å².